The van der Waals surface area contributed by atoms with Crippen molar-refractivity contribution in [2.45, 2.75) is 30.9 Å². The number of rotatable bonds is 7. The zero-order valence-electron chi connectivity index (χ0n) is 10.3. The Morgan fingerprint density at radius 1 is 1.25 bits per heavy atom. The molecule has 0 amide bonds. The van der Waals surface area contributed by atoms with E-state index >= 15 is 0 Å². The molecule has 1 unspecified atom stereocenters. The van der Waals surface area contributed by atoms with E-state index in [2.05, 4.69) is 43.4 Å². The van der Waals surface area contributed by atoms with Gasteiger partial charge >= 0.3 is 0 Å². The summed E-state index contributed by atoms with van der Waals surface area (Å²) in [4.78, 5) is 1.31. The summed E-state index contributed by atoms with van der Waals surface area (Å²) in [6.07, 6.45) is 0.303. The fourth-order valence-electron chi connectivity index (χ4n) is 1.24. The van der Waals surface area contributed by atoms with Crippen LogP contribution in [0, 0.1) is 0 Å². The second kappa shape index (κ2) is 7.71. The Morgan fingerprint density at radius 3 is 2.50 bits per heavy atom. The highest BCUT2D eigenvalue weighted by atomic mass is 32.2. The maximum absolute atomic E-state index is 5.61. The average Bonchev–Trinajstić information content (AvgIpc) is 2.30. The molecule has 0 aromatic heterocycles. The van der Waals surface area contributed by atoms with Crippen LogP contribution in [-0.2, 0) is 4.74 Å². The van der Waals surface area contributed by atoms with Gasteiger partial charge < -0.3 is 10.1 Å². The molecule has 1 aromatic carbocycles. The minimum absolute atomic E-state index is 0.303. The molecule has 0 saturated carbocycles. The van der Waals surface area contributed by atoms with E-state index in [0.29, 0.717) is 12.1 Å². The van der Waals surface area contributed by atoms with Crippen LogP contribution in [-0.4, -0.2) is 31.6 Å². The molecule has 0 aliphatic heterocycles. The lowest BCUT2D eigenvalue weighted by Crippen LogP contribution is -2.33. The van der Waals surface area contributed by atoms with Crippen LogP contribution in [0.1, 0.15) is 13.8 Å². The van der Waals surface area contributed by atoms with Gasteiger partial charge in [-0.25, -0.2) is 0 Å². The Kier molecular flexibility index (Phi) is 6.53. The van der Waals surface area contributed by atoms with Crippen molar-refractivity contribution in [3.8, 4) is 0 Å². The molecule has 0 bridgehead atoms. The molecule has 1 N–H and O–H groups in total. The quantitative estimate of drug-likeness (QED) is 0.739. The summed E-state index contributed by atoms with van der Waals surface area (Å²) in [5, 5.41) is 3.28. The number of hydrogen-bond donors (Lipinski definition) is 1. The average molecular weight is 239 g/mol. The standard InChI is InChI=1S/C13H21NOS/c1-11(2)15-9-12(14-3)10-16-13-7-5-4-6-8-13/h4-8,11-12,14H,9-10H2,1-3H3. The fraction of sp³-hybridized carbons (Fsp3) is 0.538. The second-order valence-corrected chi connectivity index (χ2v) is 5.09. The van der Waals surface area contributed by atoms with E-state index in [1.807, 2.05) is 24.9 Å². The van der Waals surface area contributed by atoms with Crippen molar-refractivity contribution in [2.75, 3.05) is 19.4 Å². The Balaban J connectivity index is 2.28. The largest absolute Gasteiger partial charge is 0.377 e. The van der Waals surface area contributed by atoms with Gasteiger partial charge in [0.2, 0.25) is 0 Å². The van der Waals surface area contributed by atoms with Gasteiger partial charge in [0.1, 0.15) is 0 Å². The predicted octanol–water partition coefficient (Wildman–Crippen LogP) is 2.79. The molecule has 16 heavy (non-hydrogen) atoms. The van der Waals surface area contributed by atoms with Gasteiger partial charge in [0.05, 0.1) is 12.7 Å². The van der Waals surface area contributed by atoms with Crippen molar-refractivity contribution in [1.29, 1.82) is 0 Å². The molecule has 0 heterocycles. The minimum Gasteiger partial charge on any atom is -0.377 e. The Hall–Kier alpha value is -0.510. The summed E-state index contributed by atoms with van der Waals surface area (Å²) in [5.74, 6) is 1.03. The van der Waals surface area contributed by atoms with Crippen LogP contribution >= 0.6 is 11.8 Å². The Bertz CT molecular complexity index is 277. The normalized spacial score (nSPS) is 13.0. The number of nitrogens with one attached hydrogen (secondary N) is 1. The molecule has 1 atom stereocenters. The zero-order valence-corrected chi connectivity index (χ0v) is 11.1. The first-order valence-corrected chi connectivity index (χ1v) is 6.67. The topological polar surface area (TPSA) is 21.3 Å². The van der Waals surface area contributed by atoms with Crippen LogP contribution < -0.4 is 5.32 Å². The third kappa shape index (κ3) is 5.54. The lowest BCUT2D eigenvalue weighted by Gasteiger charge is -2.17. The molecule has 0 aliphatic carbocycles. The first-order valence-electron chi connectivity index (χ1n) is 5.69. The number of hydrogen-bond acceptors (Lipinski definition) is 3. The molecule has 0 saturated heterocycles. The van der Waals surface area contributed by atoms with Crippen molar-refractivity contribution in [1.82, 2.24) is 5.32 Å². The molecule has 0 spiro atoms. The van der Waals surface area contributed by atoms with E-state index in [4.69, 9.17) is 4.74 Å². The Labute approximate surface area is 103 Å². The van der Waals surface area contributed by atoms with E-state index in [9.17, 15) is 0 Å². The maximum Gasteiger partial charge on any atom is 0.0631 e. The van der Waals surface area contributed by atoms with Crippen LogP contribution in [0.2, 0.25) is 0 Å². The molecule has 0 aliphatic rings. The van der Waals surface area contributed by atoms with Gasteiger partial charge in [-0.05, 0) is 33.0 Å². The first kappa shape index (κ1) is 13.6. The van der Waals surface area contributed by atoms with Gasteiger partial charge in [0.25, 0.3) is 0 Å². The monoisotopic (exact) mass is 239 g/mol. The predicted molar refractivity (Wildman–Crippen MR) is 71.1 cm³/mol. The summed E-state index contributed by atoms with van der Waals surface area (Å²) in [6.45, 7) is 4.90. The lowest BCUT2D eigenvalue weighted by molar-refractivity contribution is 0.0668. The van der Waals surface area contributed by atoms with Crippen LogP contribution in [0.5, 0.6) is 0 Å². The number of thioether (sulfide) groups is 1. The van der Waals surface area contributed by atoms with Gasteiger partial charge in [-0.1, -0.05) is 18.2 Å². The maximum atomic E-state index is 5.61. The van der Waals surface area contributed by atoms with E-state index in [-0.39, 0.29) is 0 Å². The second-order valence-electron chi connectivity index (χ2n) is 3.99. The van der Waals surface area contributed by atoms with Crippen LogP contribution in [0.4, 0.5) is 0 Å². The van der Waals surface area contributed by atoms with E-state index in [1.165, 1.54) is 4.90 Å². The SMILES string of the molecule is CNC(COC(C)C)CSc1ccccc1. The molecule has 0 fully saturated rings. The van der Waals surface area contributed by atoms with Gasteiger partial charge in [0.15, 0.2) is 0 Å². The lowest BCUT2D eigenvalue weighted by atomic mass is 10.3. The summed E-state index contributed by atoms with van der Waals surface area (Å²) in [7, 11) is 1.99. The van der Waals surface area contributed by atoms with Gasteiger partial charge in [0, 0.05) is 16.7 Å². The number of likely N-dealkylation sites (N-methyl/N-ethyl adjacent to an activating group) is 1. The van der Waals surface area contributed by atoms with Gasteiger partial charge in [-0.3, -0.25) is 0 Å². The van der Waals surface area contributed by atoms with Gasteiger partial charge in [-0.15, -0.1) is 11.8 Å². The van der Waals surface area contributed by atoms with Crippen molar-refractivity contribution in [2.24, 2.45) is 0 Å². The molecule has 1 aromatic rings. The molecule has 1 rings (SSSR count). The molecule has 3 heteroatoms. The van der Waals surface area contributed by atoms with E-state index < -0.39 is 0 Å². The first-order chi connectivity index (χ1) is 7.72. The molecule has 0 radical (unpaired) electrons. The summed E-state index contributed by atoms with van der Waals surface area (Å²) in [5.41, 5.74) is 0. The van der Waals surface area contributed by atoms with Crippen LogP contribution in [0.15, 0.2) is 35.2 Å². The zero-order chi connectivity index (χ0) is 11.8. The Morgan fingerprint density at radius 2 is 1.94 bits per heavy atom. The summed E-state index contributed by atoms with van der Waals surface area (Å²) in [6, 6.07) is 10.9. The summed E-state index contributed by atoms with van der Waals surface area (Å²) < 4.78 is 5.61. The molecular formula is C13H21NOS. The number of benzene rings is 1. The van der Waals surface area contributed by atoms with Crippen molar-refractivity contribution < 1.29 is 4.74 Å². The van der Waals surface area contributed by atoms with Crippen molar-refractivity contribution >= 4 is 11.8 Å². The van der Waals surface area contributed by atoms with E-state index in [0.717, 1.165) is 12.4 Å². The molecular weight excluding hydrogens is 218 g/mol. The van der Waals surface area contributed by atoms with Crippen molar-refractivity contribution in [3.05, 3.63) is 30.3 Å². The molecule has 90 valence electrons. The number of ether oxygens (including phenoxy) is 1. The third-order valence-electron chi connectivity index (χ3n) is 2.23. The summed E-state index contributed by atoms with van der Waals surface area (Å²) >= 11 is 1.86. The van der Waals surface area contributed by atoms with Crippen molar-refractivity contribution in [3.63, 3.8) is 0 Å². The van der Waals surface area contributed by atoms with Gasteiger partial charge in [-0.2, -0.15) is 0 Å². The minimum atomic E-state index is 0.303. The highest BCUT2D eigenvalue weighted by Gasteiger charge is 2.07. The van der Waals surface area contributed by atoms with Crippen LogP contribution in [0.25, 0.3) is 0 Å². The molecule has 2 nitrogen and oxygen atoms in total. The smallest absolute Gasteiger partial charge is 0.0631 e. The highest BCUT2D eigenvalue weighted by Crippen LogP contribution is 2.17. The third-order valence-corrected chi connectivity index (χ3v) is 3.41. The van der Waals surface area contributed by atoms with Crippen LogP contribution in [0.3, 0.4) is 0 Å². The fourth-order valence-corrected chi connectivity index (χ4v) is 2.24. The van der Waals surface area contributed by atoms with E-state index in [1.54, 1.807) is 0 Å². The highest BCUT2D eigenvalue weighted by molar-refractivity contribution is 7.99.